The van der Waals surface area contributed by atoms with Crippen LogP contribution in [0, 0.1) is 17.8 Å². The van der Waals surface area contributed by atoms with E-state index in [1.54, 1.807) is 4.90 Å². The van der Waals surface area contributed by atoms with Crippen LogP contribution in [0.4, 0.5) is 0 Å². The topological polar surface area (TPSA) is 66.8 Å². The van der Waals surface area contributed by atoms with Crippen LogP contribution in [0.2, 0.25) is 0 Å². The van der Waals surface area contributed by atoms with Crippen LogP contribution in [0.1, 0.15) is 26.2 Å². The second-order valence-electron chi connectivity index (χ2n) is 5.35. The molecule has 102 valence electrons. The number of aliphatic carboxylic acids is 1. The number of amides is 1. The molecular formula is C13H21NO4. The smallest absolute Gasteiger partial charge is 0.308 e. The molecule has 0 aliphatic carbocycles. The number of rotatable bonds is 3. The Morgan fingerprint density at radius 3 is 2.50 bits per heavy atom. The average molecular weight is 255 g/mol. The van der Waals surface area contributed by atoms with Crippen molar-refractivity contribution < 1.29 is 19.4 Å². The fourth-order valence-corrected chi connectivity index (χ4v) is 2.87. The van der Waals surface area contributed by atoms with Gasteiger partial charge in [-0.1, -0.05) is 6.92 Å². The van der Waals surface area contributed by atoms with Gasteiger partial charge in [-0.3, -0.25) is 9.59 Å². The second kappa shape index (κ2) is 5.69. The highest BCUT2D eigenvalue weighted by atomic mass is 16.5. The number of nitrogens with zero attached hydrogens (tertiary/aromatic N) is 1. The van der Waals surface area contributed by atoms with E-state index in [0.717, 1.165) is 26.1 Å². The van der Waals surface area contributed by atoms with Gasteiger partial charge in [0.2, 0.25) is 5.91 Å². The van der Waals surface area contributed by atoms with Gasteiger partial charge in [0.15, 0.2) is 0 Å². The molecule has 2 fully saturated rings. The molecule has 2 heterocycles. The van der Waals surface area contributed by atoms with E-state index >= 15 is 0 Å². The molecule has 2 aliphatic rings. The Hall–Kier alpha value is -1.10. The lowest BCUT2D eigenvalue weighted by Crippen LogP contribution is -2.38. The van der Waals surface area contributed by atoms with Crippen LogP contribution in [-0.4, -0.2) is 48.2 Å². The summed E-state index contributed by atoms with van der Waals surface area (Å²) in [5, 5.41) is 8.95. The second-order valence-corrected chi connectivity index (χ2v) is 5.35. The number of carboxylic acids is 1. The predicted molar refractivity (Wildman–Crippen MR) is 65.0 cm³/mol. The maximum absolute atomic E-state index is 12.3. The Morgan fingerprint density at radius 2 is 1.94 bits per heavy atom. The number of likely N-dealkylation sites (tertiary alicyclic amines) is 1. The molecule has 0 aromatic heterocycles. The molecule has 1 amide bonds. The van der Waals surface area contributed by atoms with Crippen LogP contribution in [0.3, 0.4) is 0 Å². The van der Waals surface area contributed by atoms with Crippen molar-refractivity contribution in [2.45, 2.75) is 26.2 Å². The Bertz CT molecular complexity index is 325. The first-order valence-corrected chi connectivity index (χ1v) is 6.69. The van der Waals surface area contributed by atoms with E-state index in [1.807, 2.05) is 6.92 Å². The molecule has 18 heavy (non-hydrogen) atoms. The zero-order valence-electron chi connectivity index (χ0n) is 10.8. The van der Waals surface area contributed by atoms with Crippen LogP contribution in [0.15, 0.2) is 0 Å². The number of hydrogen-bond acceptors (Lipinski definition) is 3. The van der Waals surface area contributed by atoms with E-state index in [4.69, 9.17) is 9.84 Å². The molecule has 5 nitrogen and oxygen atoms in total. The van der Waals surface area contributed by atoms with Crippen LogP contribution < -0.4 is 0 Å². The van der Waals surface area contributed by atoms with Crippen molar-refractivity contribution in [1.29, 1.82) is 0 Å². The van der Waals surface area contributed by atoms with Crippen LogP contribution in [-0.2, 0) is 14.3 Å². The molecule has 0 saturated carbocycles. The Kier molecular flexibility index (Phi) is 4.22. The zero-order chi connectivity index (χ0) is 13.1. The van der Waals surface area contributed by atoms with Crippen molar-refractivity contribution >= 4 is 11.9 Å². The molecule has 2 atom stereocenters. The van der Waals surface area contributed by atoms with Gasteiger partial charge in [0.1, 0.15) is 0 Å². The van der Waals surface area contributed by atoms with Gasteiger partial charge in [0.25, 0.3) is 0 Å². The molecule has 5 heteroatoms. The summed E-state index contributed by atoms with van der Waals surface area (Å²) in [5.74, 6) is -0.679. The standard InChI is InChI=1S/C13H21NO4/c1-9(10-3-6-18-7-4-10)12(15)14-5-2-11(8-14)13(16)17/h9-11H,2-8H2,1H3,(H,16,17). The quantitative estimate of drug-likeness (QED) is 0.816. The first kappa shape index (κ1) is 13.3. The van der Waals surface area contributed by atoms with Gasteiger partial charge >= 0.3 is 5.97 Å². The number of ether oxygens (including phenoxy) is 1. The van der Waals surface area contributed by atoms with E-state index < -0.39 is 5.97 Å². The number of carbonyl (C=O) groups excluding carboxylic acids is 1. The largest absolute Gasteiger partial charge is 0.481 e. The highest BCUT2D eigenvalue weighted by Gasteiger charge is 2.35. The Labute approximate surface area is 107 Å². The third-order valence-corrected chi connectivity index (χ3v) is 4.21. The van der Waals surface area contributed by atoms with Gasteiger partial charge < -0.3 is 14.7 Å². The summed E-state index contributed by atoms with van der Waals surface area (Å²) in [4.78, 5) is 24.9. The molecule has 2 saturated heterocycles. The van der Waals surface area contributed by atoms with E-state index in [-0.39, 0.29) is 17.7 Å². The lowest BCUT2D eigenvalue weighted by molar-refractivity contribution is -0.142. The highest BCUT2D eigenvalue weighted by Crippen LogP contribution is 2.27. The van der Waals surface area contributed by atoms with Gasteiger partial charge in [-0.25, -0.2) is 0 Å². The summed E-state index contributed by atoms with van der Waals surface area (Å²) < 4.78 is 5.30. The van der Waals surface area contributed by atoms with Crippen LogP contribution >= 0.6 is 0 Å². The first-order valence-electron chi connectivity index (χ1n) is 6.69. The van der Waals surface area contributed by atoms with Crippen molar-refractivity contribution in [2.24, 2.45) is 17.8 Å². The predicted octanol–water partition coefficient (Wildman–Crippen LogP) is 0.982. The summed E-state index contributed by atoms with van der Waals surface area (Å²) in [6, 6.07) is 0. The lowest BCUT2D eigenvalue weighted by Gasteiger charge is -2.29. The summed E-state index contributed by atoms with van der Waals surface area (Å²) in [6.45, 7) is 4.40. The summed E-state index contributed by atoms with van der Waals surface area (Å²) in [6.07, 6.45) is 2.45. The summed E-state index contributed by atoms with van der Waals surface area (Å²) in [7, 11) is 0. The van der Waals surface area contributed by atoms with Crippen molar-refractivity contribution in [2.75, 3.05) is 26.3 Å². The van der Waals surface area contributed by atoms with E-state index in [2.05, 4.69) is 0 Å². The normalized spacial score (nSPS) is 27.2. The Balaban J connectivity index is 1.89. The number of hydrogen-bond donors (Lipinski definition) is 1. The minimum atomic E-state index is -0.788. The molecular weight excluding hydrogens is 234 g/mol. The van der Waals surface area contributed by atoms with Gasteiger partial charge in [0.05, 0.1) is 5.92 Å². The zero-order valence-corrected chi connectivity index (χ0v) is 10.8. The third kappa shape index (κ3) is 2.83. The van der Waals surface area contributed by atoms with Gasteiger partial charge in [-0.05, 0) is 25.2 Å². The molecule has 0 aromatic rings. The van der Waals surface area contributed by atoms with Crippen LogP contribution in [0.25, 0.3) is 0 Å². The molecule has 2 unspecified atom stereocenters. The third-order valence-electron chi connectivity index (χ3n) is 4.21. The SMILES string of the molecule is CC(C(=O)N1CCC(C(=O)O)C1)C1CCOCC1. The Morgan fingerprint density at radius 1 is 1.28 bits per heavy atom. The average Bonchev–Trinajstić information content (AvgIpc) is 2.88. The number of carboxylic acid groups (broad SMARTS) is 1. The maximum atomic E-state index is 12.3. The van der Waals surface area contributed by atoms with Crippen molar-refractivity contribution in [3.05, 3.63) is 0 Å². The van der Waals surface area contributed by atoms with Gasteiger partial charge in [0, 0.05) is 32.2 Å². The summed E-state index contributed by atoms with van der Waals surface area (Å²) in [5.41, 5.74) is 0. The van der Waals surface area contributed by atoms with E-state index in [9.17, 15) is 9.59 Å². The van der Waals surface area contributed by atoms with Crippen LogP contribution in [0.5, 0.6) is 0 Å². The number of carbonyl (C=O) groups is 2. The van der Waals surface area contributed by atoms with Gasteiger partial charge in [-0.15, -0.1) is 0 Å². The minimum absolute atomic E-state index is 0.0126. The lowest BCUT2D eigenvalue weighted by atomic mass is 9.86. The summed E-state index contributed by atoms with van der Waals surface area (Å²) >= 11 is 0. The molecule has 2 aliphatic heterocycles. The fourth-order valence-electron chi connectivity index (χ4n) is 2.87. The monoisotopic (exact) mass is 255 g/mol. The molecule has 2 rings (SSSR count). The van der Waals surface area contributed by atoms with Gasteiger partial charge in [-0.2, -0.15) is 0 Å². The molecule has 0 spiro atoms. The molecule has 0 radical (unpaired) electrons. The maximum Gasteiger partial charge on any atom is 0.308 e. The van der Waals surface area contributed by atoms with Crippen molar-refractivity contribution in [1.82, 2.24) is 4.90 Å². The van der Waals surface area contributed by atoms with Crippen molar-refractivity contribution in [3.63, 3.8) is 0 Å². The highest BCUT2D eigenvalue weighted by molar-refractivity contribution is 5.80. The molecule has 0 aromatic carbocycles. The molecule has 0 bridgehead atoms. The van der Waals surface area contributed by atoms with E-state index in [1.165, 1.54) is 0 Å². The first-order chi connectivity index (χ1) is 8.59. The van der Waals surface area contributed by atoms with E-state index in [0.29, 0.717) is 25.4 Å². The fraction of sp³-hybridized carbons (Fsp3) is 0.846. The van der Waals surface area contributed by atoms with Crippen molar-refractivity contribution in [3.8, 4) is 0 Å². The minimum Gasteiger partial charge on any atom is -0.481 e. The molecule has 1 N–H and O–H groups in total.